The van der Waals surface area contributed by atoms with Crippen LogP contribution in [0.1, 0.15) is 78.7 Å². The fraction of sp³-hybridized carbons (Fsp3) is 0.704. The molecule has 0 aliphatic rings. The maximum absolute atomic E-state index is 5.91. The van der Waals surface area contributed by atoms with Crippen LogP contribution in [0.4, 0.5) is 0 Å². The normalized spacial score (nSPS) is 14.3. The van der Waals surface area contributed by atoms with E-state index in [-0.39, 0.29) is 23.1 Å². The summed E-state index contributed by atoms with van der Waals surface area (Å²) in [6.45, 7) is 11.8. The van der Waals surface area contributed by atoms with E-state index in [2.05, 4.69) is 71.0 Å². The van der Waals surface area contributed by atoms with E-state index in [0.29, 0.717) is 5.92 Å². The first kappa shape index (κ1) is 29.8. The predicted molar refractivity (Wildman–Crippen MR) is 135 cm³/mol. The highest BCUT2D eigenvalue weighted by molar-refractivity contribution is 7.76. The third kappa shape index (κ3) is 11.4. The van der Waals surface area contributed by atoms with Crippen molar-refractivity contribution in [3.63, 3.8) is 0 Å². The minimum Gasteiger partial charge on any atom is -1.00 e. The van der Waals surface area contributed by atoms with Crippen LogP contribution >= 0.6 is 7.26 Å². The summed E-state index contributed by atoms with van der Waals surface area (Å²) < 4.78 is 5.91. The molecule has 30 heavy (non-hydrogen) atoms. The Morgan fingerprint density at radius 1 is 0.933 bits per heavy atom. The monoisotopic (exact) mass is 498 g/mol. The third-order valence-corrected chi connectivity index (χ3v) is 11.2. The molecule has 2 atom stereocenters. The van der Waals surface area contributed by atoms with E-state index in [4.69, 9.17) is 4.74 Å². The van der Waals surface area contributed by atoms with Gasteiger partial charge in [-0.15, -0.1) is 0 Å². The van der Waals surface area contributed by atoms with Crippen LogP contribution in [0.15, 0.2) is 42.0 Å². The number of benzene rings is 1. The lowest BCUT2D eigenvalue weighted by Crippen LogP contribution is -3.00. The van der Waals surface area contributed by atoms with Crippen molar-refractivity contribution >= 4 is 7.26 Å². The van der Waals surface area contributed by atoms with Gasteiger partial charge in [-0.05, 0) is 43.7 Å². The molecule has 1 rings (SSSR count). The Morgan fingerprint density at radius 2 is 1.43 bits per heavy atom. The summed E-state index contributed by atoms with van der Waals surface area (Å²) in [4.78, 5) is 0. The minimum absolute atomic E-state index is 0. The quantitative estimate of drug-likeness (QED) is 0.223. The molecule has 0 aliphatic heterocycles. The van der Waals surface area contributed by atoms with E-state index in [1.165, 1.54) is 68.7 Å². The van der Waals surface area contributed by atoms with Crippen molar-refractivity contribution in [1.29, 1.82) is 0 Å². The lowest BCUT2D eigenvalue weighted by atomic mass is 9.96. The van der Waals surface area contributed by atoms with Crippen LogP contribution in [-0.2, 0) is 11.2 Å². The number of halogens is 1. The molecule has 0 radical (unpaired) electrons. The average molecular weight is 500 g/mol. The number of unbranched alkanes of at least 4 members (excludes halogenated alkanes) is 3. The van der Waals surface area contributed by atoms with Crippen LogP contribution in [0.5, 0.6) is 0 Å². The Bertz CT molecular complexity index is 535. The van der Waals surface area contributed by atoms with Gasteiger partial charge in [0.05, 0.1) is 30.8 Å². The number of rotatable bonds is 16. The van der Waals surface area contributed by atoms with Crippen LogP contribution in [0.2, 0.25) is 0 Å². The molecule has 0 spiro atoms. The molecule has 1 aromatic rings. The van der Waals surface area contributed by atoms with E-state index < -0.39 is 7.26 Å². The van der Waals surface area contributed by atoms with Crippen molar-refractivity contribution in [2.45, 2.75) is 85.7 Å². The maximum atomic E-state index is 5.91. The van der Waals surface area contributed by atoms with E-state index in [1.807, 2.05) is 7.11 Å². The summed E-state index contributed by atoms with van der Waals surface area (Å²) in [6, 6.07) is 10.8. The second-order valence-electron chi connectivity index (χ2n) is 9.07. The lowest BCUT2D eigenvalue weighted by Gasteiger charge is -2.29. The first-order chi connectivity index (χ1) is 14.0. The molecule has 0 saturated heterocycles. The minimum atomic E-state index is -0.872. The third-order valence-electron chi connectivity index (χ3n) is 6.26. The summed E-state index contributed by atoms with van der Waals surface area (Å²) in [7, 11) is 0.997. The number of hydrogen-bond donors (Lipinski definition) is 0. The number of allylic oxidation sites excluding steroid dienone is 1. The highest BCUT2D eigenvalue weighted by Gasteiger charge is 2.35. The Morgan fingerprint density at radius 3 is 1.87 bits per heavy atom. The van der Waals surface area contributed by atoms with Crippen molar-refractivity contribution in [3.05, 3.63) is 47.5 Å². The van der Waals surface area contributed by atoms with E-state index >= 15 is 0 Å². The molecule has 0 amide bonds. The van der Waals surface area contributed by atoms with Crippen molar-refractivity contribution in [2.75, 3.05) is 31.8 Å². The van der Waals surface area contributed by atoms with Gasteiger partial charge >= 0.3 is 0 Å². The fourth-order valence-corrected chi connectivity index (χ4v) is 9.79. The highest BCUT2D eigenvalue weighted by atomic mass is 79.9. The van der Waals surface area contributed by atoms with Gasteiger partial charge in [0.1, 0.15) is 0 Å². The predicted octanol–water partition coefficient (Wildman–Crippen LogP) is 5.25. The van der Waals surface area contributed by atoms with E-state index in [0.717, 1.165) is 6.42 Å². The zero-order valence-electron chi connectivity index (χ0n) is 20.6. The van der Waals surface area contributed by atoms with Crippen LogP contribution in [-0.4, -0.2) is 37.9 Å². The van der Waals surface area contributed by atoms with Gasteiger partial charge in [0.2, 0.25) is 0 Å². The second-order valence-corrected chi connectivity index (χ2v) is 13.4. The van der Waals surface area contributed by atoms with E-state index in [1.54, 1.807) is 5.57 Å². The Labute approximate surface area is 199 Å². The van der Waals surface area contributed by atoms with Crippen molar-refractivity contribution in [2.24, 2.45) is 5.92 Å². The van der Waals surface area contributed by atoms with Gasteiger partial charge in [-0.2, -0.15) is 0 Å². The number of hydrogen-bond acceptors (Lipinski definition) is 1. The van der Waals surface area contributed by atoms with E-state index in [9.17, 15) is 0 Å². The van der Waals surface area contributed by atoms with Gasteiger partial charge in [-0.1, -0.05) is 83.4 Å². The smallest absolute Gasteiger partial charge is 0.0800 e. The fourth-order valence-electron chi connectivity index (χ4n) is 4.52. The van der Waals surface area contributed by atoms with Gasteiger partial charge < -0.3 is 21.7 Å². The summed E-state index contributed by atoms with van der Waals surface area (Å²) in [6.07, 6.45) is 17.9. The Hall–Kier alpha value is -0.170. The van der Waals surface area contributed by atoms with Crippen LogP contribution in [0.3, 0.4) is 0 Å². The van der Waals surface area contributed by atoms with Crippen molar-refractivity contribution < 1.29 is 21.7 Å². The largest absolute Gasteiger partial charge is 1.00 e. The topological polar surface area (TPSA) is 9.23 Å². The van der Waals surface area contributed by atoms with Gasteiger partial charge in [0.25, 0.3) is 0 Å². The molecule has 0 saturated carbocycles. The Kier molecular flexibility index (Phi) is 17.3. The molecule has 0 heterocycles. The zero-order valence-corrected chi connectivity index (χ0v) is 23.1. The second kappa shape index (κ2) is 17.4. The standard InChI is InChI=1S/C27H48OP.BrH/c1-7-10-18-29(19-11-8-2,20-12-9-3)23-24(4)21-25(5)27(28-6)22-26-16-14-13-15-17-26;/h13-17,21,25,27H,7-12,18-20,22-23H2,1-6H3;1H/q+1;/p-1/b24-21+;/t25-,27-;/m0./s1. The molecule has 3 heteroatoms. The van der Waals surface area contributed by atoms with Gasteiger partial charge in [-0.3, -0.25) is 0 Å². The van der Waals surface area contributed by atoms with Gasteiger partial charge in [-0.25, -0.2) is 0 Å². The zero-order chi connectivity index (χ0) is 21.5. The van der Waals surface area contributed by atoms with Crippen LogP contribution in [0.25, 0.3) is 0 Å². The average Bonchev–Trinajstić information content (AvgIpc) is 2.73. The summed E-state index contributed by atoms with van der Waals surface area (Å²) in [5.74, 6) is 0.450. The highest BCUT2D eigenvalue weighted by Crippen LogP contribution is 2.61. The summed E-state index contributed by atoms with van der Waals surface area (Å²) >= 11 is 0. The molecule has 0 N–H and O–H groups in total. The number of ether oxygens (including phenoxy) is 1. The van der Waals surface area contributed by atoms with Gasteiger partial charge in [0, 0.05) is 20.3 Å². The number of methoxy groups -OCH3 is 1. The van der Waals surface area contributed by atoms with Crippen molar-refractivity contribution in [1.82, 2.24) is 0 Å². The molecular weight excluding hydrogens is 451 g/mol. The molecule has 0 fully saturated rings. The molecule has 0 aromatic heterocycles. The molecule has 0 unspecified atom stereocenters. The summed E-state index contributed by atoms with van der Waals surface area (Å²) in [5, 5.41) is 0. The molecule has 174 valence electrons. The van der Waals surface area contributed by atoms with Crippen LogP contribution < -0.4 is 17.0 Å². The maximum Gasteiger partial charge on any atom is 0.0800 e. The summed E-state index contributed by atoms with van der Waals surface area (Å²) in [5.41, 5.74) is 2.98. The molecule has 0 bridgehead atoms. The Balaban J connectivity index is 0.00000841. The molecule has 0 aliphatic carbocycles. The first-order valence-corrected chi connectivity index (χ1v) is 14.6. The first-order valence-electron chi connectivity index (χ1n) is 12.1. The molecule has 1 nitrogen and oxygen atoms in total. The molecule has 1 aromatic carbocycles. The SMILES string of the molecule is CCCC[P+](CCCC)(CCCC)C/C(C)=C/[C@H](C)[C@H](Cc1ccccc1)OC.[Br-]. The lowest BCUT2D eigenvalue weighted by molar-refractivity contribution is -0.00000754. The van der Waals surface area contributed by atoms with Gasteiger partial charge in [0.15, 0.2) is 0 Å². The van der Waals surface area contributed by atoms with Crippen LogP contribution in [0, 0.1) is 5.92 Å². The van der Waals surface area contributed by atoms with Crippen molar-refractivity contribution in [3.8, 4) is 0 Å². The molecular formula is C27H48BrOP.